The highest BCUT2D eigenvalue weighted by molar-refractivity contribution is 6.42. The van der Waals surface area contributed by atoms with Crippen molar-refractivity contribution in [2.45, 2.75) is 6.92 Å². The monoisotopic (exact) mass is 304 g/mol. The van der Waals surface area contributed by atoms with E-state index < -0.39 is 11.8 Å². The van der Waals surface area contributed by atoms with Crippen LogP contribution in [0.25, 0.3) is 6.08 Å². The van der Waals surface area contributed by atoms with Crippen LogP contribution in [0.5, 0.6) is 0 Å². The lowest BCUT2D eigenvalue weighted by Crippen LogP contribution is -2.17. The first kappa shape index (κ1) is 16.3. The molecule has 0 aliphatic rings. The third-order valence-corrected chi connectivity index (χ3v) is 3.12. The Labute approximate surface area is 135 Å². The highest BCUT2D eigenvalue weighted by Crippen LogP contribution is 2.09. The van der Waals surface area contributed by atoms with Crippen molar-refractivity contribution >= 4 is 17.8 Å². The fraction of sp³-hybridized carbons (Fsp3) is 0.100. The summed E-state index contributed by atoms with van der Waals surface area (Å²) in [6.07, 6.45) is 1.58. The smallest absolute Gasteiger partial charge is 0.380 e. The molecular weight excluding hydrogens is 288 g/mol. The fourth-order valence-corrected chi connectivity index (χ4v) is 1.85. The molecule has 0 bridgehead atoms. The summed E-state index contributed by atoms with van der Waals surface area (Å²) in [6, 6.07) is 16.8. The Balaban J connectivity index is 2.38. The summed E-state index contributed by atoms with van der Waals surface area (Å²) in [7, 11) is 1.17. The summed E-state index contributed by atoms with van der Waals surface area (Å²) < 4.78 is 4.50. The molecule has 0 amide bonds. The molecule has 0 unspecified atom stereocenters. The quantitative estimate of drug-likeness (QED) is 0.378. The van der Waals surface area contributed by atoms with E-state index in [0.717, 1.165) is 16.7 Å². The maximum Gasteiger partial charge on any atom is 0.380 e. The number of ether oxygens (including phenoxy) is 1. The van der Waals surface area contributed by atoms with Crippen LogP contribution in [-0.4, -0.2) is 18.9 Å². The van der Waals surface area contributed by atoms with E-state index in [1.807, 2.05) is 61.5 Å². The number of esters is 1. The van der Waals surface area contributed by atoms with Gasteiger partial charge < -0.3 is 4.74 Å². The Bertz CT molecular complexity index is 788. The molecule has 0 aliphatic heterocycles. The number of carbonyl (C=O) groups is 2. The Morgan fingerprint density at radius 1 is 1.00 bits per heavy atom. The summed E-state index contributed by atoms with van der Waals surface area (Å²) in [5.74, 6) is 4.01. The van der Waals surface area contributed by atoms with Gasteiger partial charge >= 0.3 is 5.97 Å². The molecule has 0 aromatic heterocycles. The number of aryl methyl sites for hydroxylation is 1. The van der Waals surface area contributed by atoms with E-state index in [2.05, 4.69) is 16.6 Å². The van der Waals surface area contributed by atoms with Crippen molar-refractivity contribution in [1.29, 1.82) is 0 Å². The van der Waals surface area contributed by atoms with Gasteiger partial charge in [-0.1, -0.05) is 59.9 Å². The minimum Gasteiger partial charge on any atom is -0.463 e. The molecule has 0 radical (unpaired) electrons. The van der Waals surface area contributed by atoms with Crippen molar-refractivity contribution in [2.24, 2.45) is 0 Å². The van der Waals surface area contributed by atoms with Gasteiger partial charge in [0, 0.05) is 5.56 Å². The normalized spacial score (nSPS) is 10.4. The van der Waals surface area contributed by atoms with Gasteiger partial charge in [0.15, 0.2) is 0 Å². The van der Waals surface area contributed by atoms with E-state index in [9.17, 15) is 9.59 Å². The summed E-state index contributed by atoms with van der Waals surface area (Å²) in [5, 5.41) is 0. The van der Waals surface area contributed by atoms with Crippen LogP contribution >= 0.6 is 0 Å². The molecule has 2 aromatic rings. The largest absolute Gasteiger partial charge is 0.463 e. The van der Waals surface area contributed by atoms with Gasteiger partial charge in [-0.3, -0.25) is 4.79 Å². The SMILES string of the molecule is COC(=O)C(=O)/C(C#Cc1ccc(C)cc1)=C/c1ccccc1. The lowest BCUT2D eigenvalue weighted by Gasteiger charge is -1.99. The zero-order chi connectivity index (χ0) is 16.7. The van der Waals surface area contributed by atoms with E-state index in [4.69, 9.17) is 0 Å². The van der Waals surface area contributed by atoms with E-state index in [0.29, 0.717) is 0 Å². The molecule has 0 heterocycles. The predicted octanol–water partition coefficient (Wildman–Crippen LogP) is 3.17. The molecule has 0 aliphatic carbocycles. The van der Waals surface area contributed by atoms with Crippen molar-refractivity contribution in [3.63, 3.8) is 0 Å². The Hall–Kier alpha value is -3.12. The van der Waals surface area contributed by atoms with Gasteiger partial charge in [-0.25, -0.2) is 4.79 Å². The van der Waals surface area contributed by atoms with Gasteiger partial charge in [0.1, 0.15) is 0 Å². The maximum absolute atomic E-state index is 12.1. The van der Waals surface area contributed by atoms with Crippen LogP contribution in [0, 0.1) is 18.8 Å². The predicted molar refractivity (Wildman–Crippen MR) is 89.5 cm³/mol. The lowest BCUT2D eigenvalue weighted by atomic mass is 10.1. The second-order valence-electron chi connectivity index (χ2n) is 4.91. The third kappa shape index (κ3) is 4.69. The Morgan fingerprint density at radius 2 is 1.65 bits per heavy atom. The van der Waals surface area contributed by atoms with Crippen molar-refractivity contribution < 1.29 is 14.3 Å². The molecule has 23 heavy (non-hydrogen) atoms. The van der Waals surface area contributed by atoms with E-state index >= 15 is 0 Å². The summed E-state index contributed by atoms with van der Waals surface area (Å²) >= 11 is 0. The van der Waals surface area contributed by atoms with Crippen molar-refractivity contribution in [2.75, 3.05) is 7.11 Å². The van der Waals surface area contributed by atoms with Crippen LogP contribution in [0.15, 0.2) is 60.2 Å². The van der Waals surface area contributed by atoms with Crippen LogP contribution in [0.2, 0.25) is 0 Å². The Morgan fingerprint density at radius 3 is 2.26 bits per heavy atom. The molecule has 3 nitrogen and oxygen atoms in total. The van der Waals surface area contributed by atoms with Gasteiger partial charge in [0.25, 0.3) is 5.78 Å². The second-order valence-corrected chi connectivity index (χ2v) is 4.91. The van der Waals surface area contributed by atoms with Crippen molar-refractivity contribution in [3.05, 3.63) is 76.9 Å². The number of benzene rings is 2. The first-order valence-corrected chi connectivity index (χ1v) is 7.08. The van der Waals surface area contributed by atoms with Crippen LogP contribution in [-0.2, 0) is 14.3 Å². The number of rotatable bonds is 3. The topological polar surface area (TPSA) is 43.4 Å². The van der Waals surface area contributed by atoms with Crippen molar-refractivity contribution in [3.8, 4) is 11.8 Å². The summed E-state index contributed by atoms with van der Waals surface area (Å²) in [6.45, 7) is 1.98. The van der Waals surface area contributed by atoms with Crippen LogP contribution < -0.4 is 0 Å². The third-order valence-electron chi connectivity index (χ3n) is 3.12. The number of carbonyl (C=O) groups excluding carboxylic acids is 2. The molecule has 114 valence electrons. The lowest BCUT2D eigenvalue weighted by molar-refractivity contribution is -0.149. The van der Waals surface area contributed by atoms with Crippen LogP contribution in [0.1, 0.15) is 16.7 Å². The number of ketones is 1. The zero-order valence-corrected chi connectivity index (χ0v) is 13.0. The highest BCUT2D eigenvalue weighted by atomic mass is 16.5. The second kappa shape index (κ2) is 7.77. The average Bonchev–Trinajstić information content (AvgIpc) is 2.59. The minimum atomic E-state index is -0.926. The average molecular weight is 304 g/mol. The van der Waals surface area contributed by atoms with Crippen LogP contribution in [0.3, 0.4) is 0 Å². The molecule has 2 aromatic carbocycles. The van der Waals surface area contributed by atoms with E-state index in [1.165, 1.54) is 7.11 Å². The molecule has 3 heteroatoms. The molecule has 0 fully saturated rings. The zero-order valence-electron chi connectivity index (χ0n) is 13.0. The molecule has 0 saturated carbocycles. The standard InChI is InChI=1S/C20H16O3/c1-15-8-10-16(11-9-15)12-13-18(19(21)20(22)23-2)14-17-6-4-3-5-7-17/h3-11,14H,1-2H3/b18-14+. The molecule has 0 spiro atoms. The fourth-order valence-electron chi connectivity index (χ4n) is 1.85. The summed E-state index contributed by atoms with van der Waals surface area (Å²) in [5.41, 5.74) is 2.79. The maximum atomic E-state index is 12.1. The molecule has 2 rings (SSSR count). The number of methoxy groups -OCH3 is 1. The minimum absolute atomic E-state index is 0.101. The van der Waals surface area contributed by atoms with Gasteiger partial charge in [0.2, 0.25) is 0 Å². The number of Topliss-reactive ketones (excluding diaryl/α,β-unsaturated/α-hetero) is 1. The van der Waals surface area contributed by atoms with Gasteiger partial charge in [0.05, 0.1) is 12.7 Å². The Kier molecular flexibility index (Phi) is 5.49. The van der Waals surface area contributed by atoms with E-state index in [1.54, 1.807) is 6.08 Å². The number of hydrogen-bond acceptors (Lipinski definition) is 3. The first-order valence-electron chi connectivity index (χ1n) is 7.08. The first-order chi connectivity index (χ1) is 11.1. The van der Waals surface area contributed by atoms with E-state index in [-0.39, 0.29) is 5.57 Å². The molecular formula is C20H16O3. The van der Waals surface area contributed by atoms with Crippen LogP contribution in [0.4, 0.5) is 0 Å². The molecule has 0 N–H and O–H groups in total. The van der Waals surface area contributed by atoms with Gasteiger partial charge in [-0.15, -0.1) is 0 Å². The molecule has 0 saturated heterocycles. The summed E-state index contributed by atoms with van der Waals surface area (Å²) in [4.78, 5) is 23.6. The highest BCUT2D eigenvalue weighted by Gasteiger charge is 2.18. The van der Waals surface area contributed by atoms with Gasteiger partial charge in [-0.2, -0.15) is 0 Å². The van der Waals surface area contributed by atoms with Gasteiger partial charge in [-0.05, 0) is 30.7 Å². The van der Waals surface area contributed by atoms with Crippen molar-refractivity contribution in [1.82, 2.24) is 0 Å². The molecule has 0 atom stereocenters. The number of hydrogen-bond donors (Lipinski definition) is 0.